The Morgan fingerprint density at radius 3 is 1.43 bits per heavy atom. The first-order valence-corrected chi connectivity index (χ1v) is 39.5. The summed E-state index contributed by atoms with van der Waals surface area (Å²) in [5, 5.41) is 20.8. The quantitative estimate of drug-likeness (QED) is 0.0111. The van der Waals surface area contributed by atoms with E-state index in [4.69, 9.17) is 93.4 Å². The lowest BCUT2D eigenvalue weighted by atomic mass is 10.1. The second kappa shape index (κ2) is 57.5. The second-order valence-electron chi connectivity index (χ2n) is 29.2. The van der Waals surface area contributed by atoms with Gasteiger partial charge in [-0.2, -0.15) is 32.0 Å². The van der Waals surface area contributed by atoms with Crippen molar-refractivity contribution in [1.29, 1.82) is 5.41 Å². The third-order valence-corrected chi connectivity index (χ3v) is 17.3. The summed E-state index contributed by atoms with van der Waals surface area (Å²) in [4.78, 5) is 107. The number of alkyl carbamates (subject to hydrolysis) is 1. The van der Waals surface area contributed by atoms with Crippen molar-refractivity contribution in [1.82, 2.24) is 56.3 Å². The van der Waals surface area contributed by atoms with Crippen molar-refractivity contribution in [3.63, 3.8) is 0 Å². The molecule has 4 rings (SSSR count). The molecule has 0 aliphatic rings. The van der Waals surface area contributed by atoms with Crippen molar-refractivity contribution < 1.29 is 47.7 Å². The maximum absolute atomic E-state index is 13.3. The summed E-state index contributed by atoms with van der Waals surface area (Å²) < 4.78 is 22.8. The van der Waals surface area contributed by atoms with E-state index in [0.717, 1.165) is 165 Å². The summed E-state index contributed by atoms with van der Waals surface area (Å²) >= 11 is 11.7. The highest BCUT2D eigenvalue weighted by Crippen LogP contribution is 2.21. The van der Waals surface area contributed by atoms with Gasteiger partial charge in [-0.25, -0.2) is 29.5 Å². The molecule has 22 N–H and O–H groups in total. The normalized spacial score (nSPS) is 12.3. The Labute approximate surface area is 697 Å². The Bertz CT molecular complexity index is 3630. The van der Waals surface area contributed by atoms with Crippen LogP contribution in [0.3, 0.4) is 0 Å². The molecule has 2 atom stereocenters. The number of unbranched alkanes of at least 4 members (excludes halogenated alkanes) is 7. The van der Waals surface area contributed by atoms with Gasteiger partial charge in [-0.3, -0.25) is 49.6 Å². The van der Waals surface area contributed by atoms with Gasteiger partial charge in [-0.05, 0) is 226 Å². The number of nitrogens with two attached hydrogens (primary N) is 8. The number of amides is 6. The van der Waals surface area contributed by atoms with Crippen molar-refractivity contribution in [2.24, 2.45) is 37.9 Å². The van der Waals surface area contributed by atoms with Gasteiger partial charge >= 0.3 is 12.2 Å². The Balaban J connectivity index is 0.00000115. The third-order valence-electron chi connectivity index (χ3n) is 16.8. The van der Waals surface area contributed by atoms with E-state index in [-0.39, 0.29) is 95.7 Å². The molecule has 2 aromatic carbocycles. The van der Waals surface area contributed by atoms with E-state index in [0.29, 0.717) is 83.0 Å². The molecule has 640 valence electrons. The smallest absolute Gasteiger partial charge is 0.434 e. The fourth-order valence-corrected chi connectivity index (χ4v) is 11.1. The number of guanidine groups is 2. The standard InChI is InChI=1S/C44H72ClN11O7.C33H55ClN12O3.2H2S/c1-9-10-26-56(27-16-25-49-38(57)33(52-42(60)63-44(6,7)8)19-13-11-12-17-30(2)51-41(59)62-43(3,4)5)28-29-61-32-22-20-31(21-23-32)18-14-15-24-50-40(48)55-39(58)34-36(46)54-37(47)35(45)53-34;1-23(36)9-3-2-4-11-26(37)31(47)41-18-8-20-46(19-7-16-35)21-22-49-25-14-12-24(13-15-25)10-5-6-17-42-33(40)45-32(48)27-29(38)44-30(39)28(34)43-27;;/h20-23,33H,9-19,24-29H2,1-8H3,(H,49,57)(H,52,60)(H4,46,47,54)(H3,48,50,55,58);12-15,26,36H,2-11,16-22,35,37H2,1H3,(H,41,47)(H4,38,39,44)(H3,40,42,45,48);2*1H2/t33-;26-;;/m00../s1. The fraction of sp³-hybridized carbons (Fsp3) is 0.610. The first kappa shape index (κ1) is 103. The van der Waals surface area contributed by atoms with E-state index in [2.05, 4.69) is 78.2 Å². The van der Waals surface area contributed by atoms with Crippen molar-refractivity contribution in [3.05, 3.63) is 81.4 Å². The predicted molar refractivity (Wildman–Crippen MR) is 467 cm³/mol. The molecule has 0 bridgehead atoms. The number of hydrogen-bond acceptors (Lipinski definition) is 25. The number of ether oxygens (including phenoxy) is 4. The molecule has 0 unspecified atom stereocenters. The van der Waals surface area contributed by atoms with Gasteiger partial charge in [-0.1, -0.05) is 86.5 Å². The Kier molecular flexibility index (Phi) is 52.1. The average Bonchev–Trinajstić information content (AvgIpc) is 0.837. The third kappa shape index (κ3) is 47.3. The lowest BCUT2D eigenvalue weighted by Gasteiger charge is -2.24. The number of anilines is 4. The van der Waals surface area contributed by atoms with Gasteiger partial charge in [0, 0.05) is 50.7 Å². The zero-order valence-electron chi connectivity index (χ0n) is 68.3. The molecule has 2 heterocycles. The summed E-state index contributed by atoms with van der Waals surface area (Å²) in [6.45, 7) is 24.9. The SMILES string of the molecule is CC(=N)CCCCC[C@H](N)C(=O)NCCCN(CCCN)CCOc1ccc(CCCCN=C(N)NC(=O)c2nc(Cl)c(N)nc2N)cc1.CCCCN(CCCNC(=O)[C@H](CCCCCC(C)=NC(=O)OC(C)(C)C)NC(=O)OC(C)(C)C)CCOc1ccc(CCCCN=C(N)NC(=O)c2nc(Cl)c(N)nc2N)cc1.S.S. The number of aryl methyl sites for hydroxylation is 2. The molecule has 4 aromatic rings. The number of halogens is 2. The molecular weight excluding hydrogens is 1540 g/mol. The number of carbonyl (C=O) groups is 6. The molecule has 0 radical (unpaired) electrons. The molecule has 37 heteroatoms. The molecule has 33 nitrogen and oxygen atoms in total. The first-order chi connectivity index (χ1) is 53.1. The van der Waals surface area contributed by atoms with Gasteiger partial charge in [0.15, 0.2) is 56.9 Å². The van der Waals surface area contributed by atoms with Crippen molar-refractivity contribution in [2.45, 2.75) is 220 Å². The number of nitrogens with one attached hydrogen (secondary N) is 6. The molecule has 6 amide bonds. The van der Waals surface area contributed by atoms with E-state index >= 15 is 0 Å². The molecular formula is C77H131Cl2N23O10S2. The van der Waals surface area contributed by atoms with Crippen molar-refractivity contribution in [2.75, 3.05) is 108 Å². The van der Waals surface area contributed by atoms with Gasteiger partial charge in [0.25, 0.3) is 11.8 Å². The Morgan fingerprint density at radius 1 is 0.544 bits per heavy atom. The van der Waals surface area contributed by atoms with E-state index in [1.54, 1.807) is 48.5 Å². The number of aromatic nitrogens is 4. The van der Waals surface area contributed by atoms with Gasteiger partial charge in [0.1, 0.15) is 42.0 Å². The van der Waals surface area contributed by atoms with Crippen LogP contribution in [0.15, 0.2) is 63.5 Å². The van der Waals surface area contributed by atoms with E-state index in [1.165, 1.54) is 5.56 Å². The molecule has 0 saturated heterocycles. The number of hydrogen-bond donors (Lipinski definition) is 14. The molecule has 2 aromatic heterocycles. The molecule has 0 aliphatic carbocycles. The predicted octanol–water partition coefficient (Wildman–Crippen LogP) is 9.03. The van der Waals surface area contributed by atoms with Crippen molar-refractivity contribution in [3.8, 4) is 11.5 Å². The summed E-state index contributed by atoms with van der Waals surface area (Å²) in [5.74, 6) is -0.698. The Morgan fingerprint density at radius 2 is 0.982 bits per heavy atom. The van der Waals surface area contributed by atoms with Crippen LogP contribution in [0.4, 0.5) is 32.9 Å². The number of nitrogens with zero attached hydrogens (tertiary/aromatic N) is 9. The van der Waals surface area contributed by atoms with Gasteiger partial charge in [0.05, 0.1) is 6.04 Å². The summed E-state index contributed by atoms with van der Waals surface area (Å²) in [5.41, 5.74) is 48.0. The highest BCUT2D eigenvalue weighted by molar-refractivity contribution is 7.59. The first-order valence-electron chi connectivity index (χ1n) is 38.7. The van der Waals surface area contributed by atoms with Gasteiger partial charge in [0.2, 0.25) is 11.8 Å². The van der Waals surface area contributed by atoms with E-state index in [9.17, 15) is 28.8 Å². The monoisotopic (exact) mass is 1670 g/mol. The van der Waals surface area contributed by atoms with Crippen LogP contribution in [-0.2, 0) is 31.9 Å². The zero-order valence-corrected chi connectivity index (χ0v) is 71.8. The van der Waals surface area contributed by atoms with Gasteiger partial charge in [-0.15, -0.1) is 0 Å². The second-order valence-corrected chi connectivity index (χ2v) is 29.9. The summed E-state index contributed by atoms with van der Waals surface area (Å²) in [7, 11) is 0. The average molecular weight is 1670 g/mol. The molecule has 114 heavy (non-hydrogen) atoms. The highest BCUT2D eigenvalue weighted by Gasteiger charge is 2.25. The van der Waals surface area contributed by atoms with Crippen LogP contribution in [0.1, 0.15) is 216 Å². The number of nitrogen functional groups attached to an aromatic ring is 4. The number of benzene rings is 2. The van der Waals surface area contributed by atoms with Crippen LogP contribution in [0.2, 0.25) is 10.3 Å². The largest absolute Gasteiger partial charge is 0.492 e. The fourth-order valence-electron chi connectivity index (χ4n) is 10.9. The van der Waals surface area contributed by atoms with E-state index in [1.807, 2.05) is 55.5 Å². The topological polar surface area (TPSA) is 527 Å². The Hall–Kier alpha value is -8.58. The molecule has 0 saturated carbocycles. The van der Waals surface area contributed by atoms with Crippen LogP contribution in [0.25, 0.3) is 0 Å². The molecule has 0 aliphatic heterocycles. The summed E-state index contributed by atoms with van der Waals surface area (Å²) in [6.07, 6.45) is 15.9. The van der Waals surface area contributed by atoms with Crippen LogP contribution in [0.5, 0.6) is 11.5 Å². The number of rotatable bonds is 49. The minimum Gasteiger partial charge on any atom is -0.492 e. The van der Waals surface area contributed by atoms with Crippen LogP contribution in [0, 0.1) is 5.41 Å². The zero-order chi connectivity index (χ0) is 83.0. The van der Waals surface area contributed by atoms with Gasteiger partial charge < -0.3 is 86.2 Å². The maximum Gasteiger partial charge on any atom is 0.434 e. The summed E-state index contributed by atoms with van der Waals surface area (Å²) in [6, 6.07) is 14.8. The minimum absolute atomic E-state index is 0. The number of aliphatic imine (C=N–C) groups is 3. The van der Waals surface area contributed by atoms with Crippen LogP contribution < -0.4 is 81.9 Å². The van der Waals surface area contributed by atoms with E-state index < -0.39 is 47.3 Å². The number of carbonyl (C=O) groups excluding carboxylic acids is 6. The van der Waals surface area contributed by atoms with Crippen LogP contribution in [-0.4, -0.2) is 197 Å². The lowest BCUT2D eigenvalue weighted by molar-refractivity contribution is -0.123. The highest BCUT2D eigenvalue weighted by atomic mass is 35.5. The molecule has 0 fully saturated rings. The lowest BCUT2D eigenvalue weighted by Crippen LogP contribution is -2.48. The maximum atomic E-state index is 13.3. The van der Waals surface area contributed by atoms with Crippen molar-refractivity contribution >= 4 is 133 Å². The molecule has 0 spiro atoms. The minimum atomic E-state index is -0.744. The van der Waals surface area contributed by atoms with Crippen LogP contribution >= 0.6 is 50.2 Å².